The SMILES string of the molecule is NC/C(=C\c1cccc(Cl)c1)C(=O)O. The van der Waals surface area contributed by atoms with Crippen LogP contribution in [-0.4, -0.2) is 17.6 Å². The lowest BCUT2D eigenvalue weighted by molar-refractivity contribution is -0.132. The van der Waals surface area contributed by atoms with Crippen molar-refractivity contribution >= 4 is 23.6 Å². The van der Waals surface area contributed by atoms with Crippen LogP contribution in [0.1, 0.15) is 5.56 Å². The van der Waals surface area contributed by atoms with Crippen molar-refractivity contribution in [3.05, 3.63) is 40.4 Å². The van der Waals surface area contributed by atoms with E-state index in [2.05, 4.69) is 0 Å². The first-order chi connectivity index (χ1) is 6.63. The first kappa shape index (κ1) is 10.8. The highest BCUT2D eigenvalue weighted by Gasteiger charge is 2.04. The van der Waals surface area contributed by atoms with Gasteiger partial charge in [-0.25, -0.2) is 4.79 Å². The lowest BCUT2D eigenvalue weighted by Crippen LogP contribution is -2.11. The van der Waals surface area contributed by atoms with E-state index < -0.39 is 5.97 Å². The second kappa shape index (κ2) is 4.79. The summed E-state index contributed by atoms with van der Waals surface area (Å²) < 4.78 is 0. The van der Waals surface area contributed by atoms with Crippen molar-refractivity contribution in [1.29, 1.82) is 0 Å². The molecule has 0 saturated carbocycles. The van der Waals surface area contributed by atoms with E-state index in [0.717, 1.165) is 5.56 Å². The van der Waals surface area contributed by atoms with Crippen LogP contribution < -0.4 is 5.73 Å². The molecule has 1 rings (SSSR count). The molecular weight excluding hydrogens is 202 g/mol. The van der Waals surface area contributed by atoms with Crippen LogP contribution >= 0.6 is 11.6 Å². The van der Waals surface area contributed by atoms with E-state index in [-0.39, 0.29) is 12.1 Å². The van der Waals surface area contributed by atoms with Crippen molar-refractivity contribution in [2.75, 3.05) is 6.54 Å². The molecule has 0 bridgehead atoms. The molecule has 4 heteroatoms. The van der Waals surface area contributed by atoms with E-state index in [4.69, 9.17) is 22.4 Å². The lowest BCUT2D eigenvalue weighted by Gasteiger charge is -1.98. The molecule has 0 aliphatic heterocycles. The summed E-state index contributed by atoms with van der Waals surface area (Å²) in [6.45, 7) is 0.00183. The first-order valence-electron chi connectivity index (χ1n) is 4.03. The van der Waals surface area contributed by atoms with E-state index in [1.807, 2.05) is 0 Å². The summed E-state index contributed by atoms with van der Waals surface area (Å²) in [6, 6.07) is 6.93. The molecule has 0 aromatic heterocycles. The van der Waals surface area contributed by atoms with Gasteiger partial charge in [0.25, 0.3) is 0 Å². The van der Waals surface area contributed by atoms with Gasteiger partial charge in [0.05, 0.1) is 5.57 Å². The van der Waals surface area contributed by atoms with Crippen LogP contribution in [-0.2, 0) is 4.79 Å². The smallest absolute Gasteiger partial charge is 0.332 e. The monoisotopic (exact) mass is 211 g/mol. The maximum Gasteiger partial charge on any atom is 0.332 e. The normalized spacial score (nSPS) is 11.4. The standard InChI is InChI=1S/C10H10ClNO2/c11-9-3-1-2-7(5-9)4-8(6-12)10(13)14/h1-5H,6,12H2,(H,13,14)/b8-4+. The first-order valence-corrected chi connectivity index (χ1v) is 4.41. The molecule has 0 heterocycles. The number of benzene rings is 1. The number of nitrogens with two attached hydrogens (primary N) is 1. The highest BCUT2D eigenvalue weighted by atomic mass is 35.5. The summed E-state index contributed by atoms with van der Waals surface area (Å²) in [5.41, 5.74) is 6.17. The molecule has 74 valence electrons. The van der Waals surface area contributed by atoms with Gasteiger partial charge in [0, 0.05) is 11.6 Å². The minimum Gasteiger partial charge on any atom is -0.478 e. The van der Waals surface area contributed by atoms with Gasteiger partial charge in [-0.2, -0.15) is 0 Å². The molecule has 1 aromatic rings. The number of hydrogen-bond acceptors (Lipinski definition) is 2. The van der Waals surface area contributed by atoms with Gasteiger partial charge in [-0.3, -0.25) is 0 Å². The van der Waals surface area contributed by atoms with Crippen LogP contribution in [0.5, 0.6) is 0 Å². The second-order valence-corrected chi connectivity index (χ2v) is 3.17. The Hall–Kier alpha value is -1.32. The number of halogens is 1. The maximum atomic E-state index is 10.6. The molecule has 0 unspecified atom stereocenters. The summed E-state index contributed by atoms with van der Waals surface area (Å²) in [5, 5.41) is 9.29. The fourth-order valence-corrected chi connectivity index (χ4v) is 1.20. The van der Waals surface area contributed by atoms with Gasteiger partial charge in [-0.1, -0.05) is 23.7 Å². The summed E-state index contributed by atoms with van der Waals surface area (Å²) in [6.07, 6.45) is 1.51. The number of carboxylic acids is 1. The third-order valence-electron chi connectivity index (χ3n) is 1.68. The van der Waals surface area contributed by atoms with Crippen LogP contribution in [0.2, 0.25) is 5.02 Å². The van der Waals surface area contributed by atoms with E-state index in [1.165, 1.54) is 6.08 Å². The molecule has 0 atom stereocenters. The van der Waals surface area contributed by atoms with Crippen LogP contribution in [0.3, 0.4) is 0 Å². The summed E-state index contributed by atoms with van der Waals surface area (Å²) in [4.78, 5) is 10.6. The Morgan fingerprint density at radius 2 is 2.29 bits per heavy atom. The zero-order chi connectivity index (χ0) is 10.6. The molecule has 0 amide bonds. The molecule has 0 saturated heterocycles. The average Bonchev–Trinajstić information content (AvgIpc) is 2.14. The van der Waals surface area contributed by atoms with Crippen LogP contribution in [0.4, 0.5) is 0 Å². The predicted molar refractivity (Wildman–Crippen MR) is 56.1 cm³/mol. The second-order valence-electron chi connectivity index (χ2n) is 2.73. The van der Waals surface area contributed by atoms with Crippen molar-refractivity contribution < 1.29 is 9.90 Å². The number of carboxylic acid groups (broad SMARTS) is 1. The molecule has 14 heavy (non-hydrogen) atoms. The largest absolute Gasteiger partial charge is 0.478 e. The molecule has 0 radical (unpaired) electrons. The number of hydrogen-bond donors (Lipinski definition) is 2. The zero-order valence-electron chi connectivity index (χ0n) is 7.40. The maximum absolute atomic E-state index is 10.6. The van der Waals surface area contributed by atoms with Crippen molar-refractivity contribution in [1.82, 2.24) is 0 Å². The number of rotatable bonds is 3. The molecule has 0 spiro atoms. The minimum atomic E-state index is -1.01. The topological polar surface area (TPSA) is 63.3 Å². The Balaban J connectivity index is 3.00. The van der Waals surface area contributed by atoms with E-state index >= 15 is 0 Å². The predicted octanol–water partition coefficient (Wildman–Crippen LogP) is 1.77. The van der Waals surface area contributed by atoms with Crippen molar-refractivity contribution in [2.24, 2.45) is 5.73 Å². The fourth-order valence-electron chi connectivity index (χ4n) is 1.01. The van der Waals surface area contributed by atoms with Crippen LogP contribution in [0.25, 0.3) is 6.08 Å². The quantitative estimate of drug-likeness (QED) is 0.749. The molecule has 1 aromatic carbocycles. The van der Waals surface area contributed by atoms with Crippen LogP contribution in [0.15, 0.2) is 29.8 Å². The molecule has 3 nitrogen and oxygen atoms in total. The Bertz CT molecular complexity index is 374. The van der Waals surface area contributed by atoms with Gasteiger partial charge >= 0.3 is 5.97 Å². The Kier molecular flexibility index (Phi) is 3.68. The van der Waals surface area contributed by atoms with Gasteiger partial charge in [0.15, 0.2) is 0 Å². The Labute approximate surface area is 86.8 Å². The van der Waals surface area contributed by atoms with E-state index in [1.54, 1.807) is 24.3 Å². The highest BCUT2D eigenvalue weighted by molar-refractivity contribution is 6.30. The lowest BCUT2D eigenvalue weighted by atomic mass is 10.1. The highest BCUT2D eigenvalue weighted by Crippen LogP contribution is 2.13. The molecular formula is C10H10ClNO2. The molecule has 3 N–H and O–H groups in total. The van der Waals surface area contributed by atoms with Gasteiger partial charge in [-0.05, 0) is 23.8 Å². The third-order valence-corrected chi connectivity index (χ3v) is 1.92. The van der Waals surface area contributed by atoms with Crippen molar-refractivity contribution in [3.63, 3.8) is 0 Å². The van der Waals surface area contributed by atoms with E-state index in [9.17, 15) is 4.79 Å². The number of aliphatic carboxylic acids is 1. The molecule has 0 aliphatic rings. The molecule has 0 fully saturated rings. The number of carbonyl (C=O) groups is 1. The van der Waals surface area contributed by atoms with Crippen LogP contribution in [0, 0.1) is 0 Å². The Morgan fingerprint density at radius 3 is 2.79 bits per heavy atom. The van der Waals surface area contributed by atoms with Gasteiger partial charge in [-0.15, -0.1) is 0 Å². The van der Waals surface area contributed by atoms with Crippen molar-refractivity contribution in [2.45, 2.75) is 0 Å². The summed E-state index contributed by atoms with van der Waals surface area (Å²) in [5.74, 6) is -1.01. The average molecular weight is 212 g/mol. The van der Waals surface area contributed by atoms with Gasteiger partial charge < -0.3 is 10.8 Å². The van der Waals surface area contributed by atoms with Crippen molar-refractivity contribution in [3.8, 4) is 0 Å². The van der Waals surface area contributed by atoms with Gasteiger partial charge in [0.1, 0.15) is 0 Å². The Morgan fingerprint density at radius 1 is 1.57 bits per heavy atom. The van der Waals surface area contributed by atoms with E-state index in [0.29, 0.717) is 5.02 Å². The summed E-state index contributed by atoms with van der Waals surface area (Å²) >= 11 is 5.74. The fraction of sp³-hybridized carbons (Fsp3) is 0.100. The third kappa shape index (κ3) is 2.87. The zero-order valence-corrected chi connectivity index (χ0v) is 8.16. The summed E-state index contributed by atoms with van der Waals surface area (Å²) in [7, 11) is 0. The molecule has 0 aliphatic carbocycles. The van der Waals surface area contributed by atoms with Gasteiger partial charge in [0.2, 0.25) is 0 Å². The minimum absolute atomic E-state index is 0.00183.